The van der Waals surface area contributed by atoms with Crippen molar-refractivity contribution in [1.29, 1.82) is 0 Å². The van der Waals surface area contributed by atoms with Crippen molar-refractivity contribution < 1.29 is 14.1 Å². The number of carboxylic acids is 1. The number of nitrogens with one attached hydrogen (secondary N) is 1. The topological polar surface area (TPSA) is 66.4 Å². The van der Waals surface area contributed by atoms with Crippen molar-refractivity contribution in [3.63, 3.8) is 0 Å². The zero-order valence-corrected chi connectivity index (χ0v) is 8.63. The molecule has 0 amide bonds. The molecule has 4 atom stereocenters. The maximum absolute atomic E-state index is 11.5. The molecule has 0 bridgehead atoms. The molecule has 5 heteroatoms. The molecule has 1 heterocycles. The third-order valence-corrected chi connectivity index (χ3v) is 4.29. The number of hydrogen-bond donors (Lipinski definition) is 2. The summed E-state index contributed by atoms with van der Waals surface area (Å²) in [4.78, 5) is 10.7. The summed E-state index contributed by atoms with van der Waals surface area (Å²) < 4.78 is 11.5. The third kappa shape index (κ3) is 2.28. The fourth-order valence-electron chi connectivity index (χ4n) is 1.53. The molecule has 1 aliphatic rings. The van der Waals surface area contributed by atoms with E-state index in [2.05, 4.69) is 5.32 Å². The van der Waals surface area contributed by atoms with Crippen molar-refractivity contribution in [1.82, 2.24) is 5.32 Å². The van der Waals surface area contributed by atoms with Crippen LogP contribution in [-0.2, 0) is 15.6 Å². The van der Waals surface area contributed by atoms with Crippen LogP contribution < -0.4 is 5.32 Å². The first-order valence-corrected chi connectivity index (χ1v) is 5.80. The van der Waals surface area contributed by atoms with Crippen LogP contribution in [0.15, 0.2) is 0 Å². The Bertz CT molecular complexity index is 231. The third-order valence-electron chi connectivity index (χ3n) is 2.47. The van der Waals surface area contributed by atoms with Gasteiger partial charge in [0.1, 0.15) is 6.04 Å². The lowest BCUT2D eigenvalue weighted by molar-refractivity contribution is -0.139. The number of aliphatic carboxylic acids is 1. The van der Waals surface area contributed by atoms with Crippen molar-refractivity contribution >= 4 is 16.8 Å². The largest absolute Gasteiger partial charge is 0.480 e. The number of rotatable bonds is 2. The highest BCUT2D eigenvalue weighted by Crippen LogP contribution is 2.14. The Morgan fingerprint density at radius 2 is 2.31 bits per heavy atom. The van der Waals surface area contributed by atoms with E-state index in [0.717, 1.165) is 6.42 Å². The summed E-state index contributed by atoms with van der Waals surface area (Å²) in [7, 11) is -1.01. The van der Waals surface area contributed by atoms with Gasteiger partial charge in [-0.25, -0.2) is 0 Å². The summed E-state index contributed by atoms with van der Waals surface area (Å²) in [5.74, 6) is -0.675. The fraction of sp³-hybridized carbons (Fsp3) is 0.875. The van der Waals surface area contributed by atoms with Crippen LogP contribution in [0.5, 0.6) is 0 Å². The molecule has 0 aromatic rings. The van der Waals surface area contributed by atoms with Gasteiger partial charge in [-0.3, -0.25) is 14.3 Å². The van der Waals surface area contributed by atoms with Crippen molar-refractivity contribution in [2.45, 2.75) is 37.6 Å². The minimum absolute atomic E-state index is 0.0561. The molecule has 4 unspecified atom stereocenters. The second kappa shape index (κ2) is 4.19. The lowest BCUT2D eigenvalue weighted by atomic mass is 10.1. The van der Waals surface area contributed by atoms with Crippen LogP contribution in [0.4, 0.5) is 0 Å². The summed E-state index contributed by atoms with van der Waals surface area (Å²) >= 11 is 0. The van der Waals surface area contributed by atoms with Gasteiger partial charge in [-0.2, -0.15) is 0 Å². The van der Waals surface area contributed by atoms with E-state index in [1.165, 1.54) is 0 Å². The second-order valence-corrected chi connectivity index (χ2v) is 5.16. The average Bonchev–Trinajstić information content (AvgIpc) is 2.09. The molecule has 13 heavy (non-hydrogen) atoms. The van der Waals surface area contributed by atoms with Crippen LogP contribution in [0.25, 0.3) is 0 Å². The predicted molar refractivity (Wildman–Crippen MR) is 51.1 cm³/mol. The van der Waals surface area contributed by atoms with Crippen LogP contribution in [-0.4, -0.2) is 38.4 Å². The molecule has 1 aliphatic heterocycles. The van der Waals surface area contributed by atoms with Gasteiger partial charge in [0.2, 0.25) is 0 Å². The van der Waals surface area contributed by atoms with Crippen LogP contribution in [0.3, 0.4) is 0 Å². The van der Waals surface area contributed by atoms with E-state index in [1.807, 2.05) is 13.8 Å². The summed E-state index contributed by atoms with van der Waals surface area (Å²) in [6.07, 6.45) is 0.816. The lowest BCUT2D eigenvalue weighted by Crippen LogP contribution is -2.56. The van der Waals surface area contributed by atoms with Gasteiger partial charge < -0.3 is 5.11 Å². The Kier molecular flexibility index (Phi) is 3.44. The minimum atomic E-state index is -1.01. The second-order valence-electron chi connectivity index (χ2n) is 3.32. The average molecular weight is 205 g/mol. The zero-order chi connectivity index (χ0) is 10.0. The van der Waals surface area contributed by atoms with Crippen molar-refractivity contribution in [2.75, 3.05) is 5.75 Å². The number of hydrogen-bond acceptors (Lipinski definition) is 3. The molecule has 0 aliphatic carbocycles. The number of carboxylic acid groups (broad SMARTS) is 1. The lowest BCUT2D eigenvalue weighted by Gasteiger charge is -2.32. The van der Waals surface area contributed by atoms with Gasteiger partial charge in [0.05, 0.1) is 0 Å². The molecule has 0 radical (unpaired) electrons. The van der Waals surface area contributed by atoms with Crippen molar-refractivity contribution in [2.24, 2.45) is 0 Å². The highest BCUT2D eigenvalue weighted by atomic mass is 32.2. The van der Waals surface area contributed by atoms with E-state index in [9.17, 15) is 9.00 Å². The SMILES string of the molecule is CCC1NC(C(=O)O)CS(=O)C1C. The predicted octanol–water partition coefficient (Wildman–Crippen LogP) is -0.0414. The molecule has 1 rings (SSSR count). The molecule has 0 aromatic carbocycles. The summed E-state index contributed by atoms with van der Waals surface area (Å²) in [6, 6.07) is -0.572. The highest BCUT2D eigenvalue weighted by molar-refractivity contribution is 7.85. The Labute approximate surface area is 80.2 Å². The molecule has 1 saturated heterocycles. The zero-order valence-electron chi connectivity index (χ0n) is 7.82. The van der Waals surface area contributed by atoms with Crippen LogP contribution >= 0.6 is 0 Å². The van der Waals surface area contributed by atoms with E-state index in [0.29, 0.717) is 0 Å². The van der Waals surface area contributed by atoms with Crippen LogP contribution in [0.1, 0.15) is 20.3 Å². The van der Waals surface area contributed by atoms with E-state index < -0.39 is 22.8 Å². The first-order chi connectivity index (χ1) is 6.06. The molecule has 1 fully saturated rings. The Morgan fingerprint density at radius 1 is 1.69 bits per heavy atom. The van der Waals surface area contributed by atoms with Crippen LogP contribution in [0.2, 0.25) is 0 Å². The maximum atomic E-state index is 11.5. The molecule has 2 N–H and O–H groups in total. The van der Waals surface area contributed by atoms with E-state index in [4.69, 9.17) is 5.11 Å². The van der Waals surface area contributed by atoms with Gasteiger partial charge in [-0.1, -0.05) is 6.92 Å². The fourth-order valence-corrected chi connectivity index (χ4v) is 3.04. The molecule has 0 spiro atoms. The first-order valence-electron chi connectivity index (χ1n) is 4.42. The Balaban J connectivity index is 2.69. The quantitative estimate of drug-likeness (QED) is 0.664. The van der Waals surface area contributed by atoms with Crippen molar-refractivity contribution in [3.05, 3.63) is 0 Å². The van der Waals surface area contributed by atoms with E-state index >= 15 is 0 Å². The summed E-state index contributed by atoms with van der Waals surface area (Å²) in [5, 5.41) is 11.8. The summed E-state index contributed by atoms with van der Waals surface area (Å²) in [6.45, 7) is 3.87. The highest BCUT2D eigenvalue weighted by Gasteiger charge is 2.34. The van der Waals surface area contributed by atoms with Gasteiger partial charge in [0.15, 0.2) is 0 Å². The monoisotopic (exact) mass is 205 g/mol. The normalized spacial score (nSPS) is 40.2. The molecular formula is C8H15NO3S. The van der Waals surface area contributed by atoms with Gasteiger partial charge in [-0.15, -0.1) is 0 Å². The molecule has 0 aromatic heterocycles. The van der Waals surface area contributed by atoms with Gasteiger partial charge in [-0.05, 0) is 13.3 Å². The standard InChI is InChI=1S/C8H15NO3S/c1-3-6-5(2)13(12)4-7(9-6)8(10)11/h5-7,9H,3-4H2,1-2H3,(H,10,11). The number of carbonyl (C=O) groups is 1. The summed E-state index contributed by atoms with van der Waals surface area (Å²) in [5.41, 5.74) is 0. The minimum Gasteiger partial charge on any atom is -0.480 e. The van der Waals surface area contributed by atoms with Crippen molar-refractivity contribution in [3.8, 4) is 0 Å². The van der Waals surface area contributed by atoms with E-state index in [1.54, 1.807) is 0 Å². The Hall–Kier alpha value is -0.420. The van der Waals surface area contributed by atoms with Crippen LogP contribution in [0, 0.1) is 0 Å². The first kappa shape index (κ1) is 10.7. The van der Waals surface area contributed by atoms with Gasteiger partial charge >= 0.3 is 5.97 Å². The Morgan fingerprint density at radius 3 is 2.77 bits per heavy atom. The molecule has 0 saturated carbocycles. The smallest absolute Gasteiger partial charge is 0.321 e. The molecule has 4 nitrogen and oxygen atoms in total. The molecule has 76 valence electrons. The van der Waals surface area contributed by atoms with E-state index in [-0.39, 0.29) is 17.0 Å². The maximum Gasteiger partial charge on any atom is 0.321 e. The van der Waals surface area contributed by atoms with Gasteiger partial charge in [0.25, 0.3) is 0 Å². The molecular weight excluding hydrogens is 190 g/mol. The van der Waals surface area contributed by atoms with Gasteiger partial charge in [0, 0.05) is 27.8 Å².